The van der Waals surface area contributed by atoms with Gasteiger partial charge in [-0.2, -0.15) is 18.7 Å². The van der Waals surface area contributed by atoms with E-state index >= 15 is 8.78 Å². The topological polar surface area (TPSA) is 86.6 Å². The number of aromatic hydroxyl groups is 1. The summed E-state index contributed by atoms with van der Waals surface area (Å²) < 4.78 is 64.9. The van der Waals surface area contributed by atoms with Crippen LogP contribution >= 0.6 is 0 Å². The van der Waals surface area contributed by atoms with Crippen LogP contribution < -0.4 is 15.0 Å². The van der Waals surface area contributed by atoms with Crippen molar-refractivity contribution in [2.24, 2.45) is 0 Å². The van der Waals surface area contributed by atoms with Crippen LogP contribution in [-0.2, 0) is 0 Å². The number of hydrogen-bond acceptors (Lipinski definition) is 8. The zero-order chi connectivity index (χ0) is 30.2. The van der Waals surface area contributed by atoms with Gasteiger partial charge in [0.2, 0.25) is 0 Å². The number of aromatic nitrogens is 3. The molecule has 6 heterocycles. The van der Waals surface area contributed by atoms with E-state index in [1.54, 1.807) is 6.07 Å². The lowest BCUT2D eigenvalue weighted by atomic mass is 9.94. The maximum absolute atomic E-state index is 16.6. The molecule has 2 N–H and O–H groups in total. The number of halogens is 4. The van der Waals surface area contributed by atoms with E-state index in [0.29, 0.717) is 42.6 Å². The van der Waals surface area contributed by atoms with Gasteiger partial charge in [-0.15, -0.1) is 0 Å². The number of fused-ring (bicyclic) bond motifs is 5. The van der Waals surface area contributed by atoms with Crippen molar-refractivity contribution in [2.75, 3.05) is 37.7 Å². The Balaban J connectivity index is 1.25. The lowest BCUT2D eigenvalue weighted by molar-refractivity contribution is 0.108. The fraction of sp³-hybridized carbons (Fsp3) is 0.406. The highest BCUT2D eigenvalue weighted by Gasteiger charge is 2.48. The molecule has 12 heteroatoms. The second-order valence-corrected chi connectivity index (χ2v) is 12.5. The quantitative estimate of drug-likeness (QED) is 0.287. The van der Waals surface area contributed by atoms with E-state index in [4.69, 9.17) is 9.72 Å². The number of ether oxygens (including phenoxy) is 1. The molecule has 0 radical (unpaired) electrons. The molecule has 3 atom stereocenters. The third kappa shape index (κ3) is 4.45. The Hall–Kier alpha value is -4.03. The molecule has 4 fully saturated rings. The molecule has 4 aromatic rings. The van der Waals surface area contributed by atoms with Crippen LogP contribution in [0.3, 0.4) is 0 Å². The van der Waals surface area contributed by atoms with Gasteiger partial charge in [0, 0.05) is 54.4 Å². The van der Waals surface area contributed by atoms with Crippen LogP contribution in [0.2, 0.25) is 0 Å². The van der Waals surface area contributed by atoms with Crippen molar-refractivity contribution in [3.05, 3.63) is 59.8 Å². The average molecular weight is 607 g/mol. The minimum Gasteiger partial charge on any atom is -0.508 e. The smallest absolute Gasteiger partial charge is 0.319 e. The Bertz CT molecular complexity index is 1840. The Morgan fingerprint density at radius 1 is 1.11 bits per heavy atom. The molecular formula is C32H30F4N6O2. The molecule has 8 nitrogen and oxygen atoms in total. The third-order valence-corrected chi connectivity index (χ3v) is 9.73. The predicted molar refractivity (Wildman–Crippen MR) is 157 cm³/mol. The summed E-state index contributed by atoms with van der Waals surface area (Å²) in [6, 6.07) is 7.62. The van der Waals surface area contributed by atoms with E-state index in [2.05, 4.69) is 20.2 Å². The van der Waals surface area contributed by atoms with Crippen molar-refractivity contribution in [3.63, 3.8) is 0 Å². The van der Waals surface area contributed by atoms with Crippen LogP contribution in [0, 0.1) is 11.6 Å². The fourth-order valence-electron chi connectivity index (χ4n) is 7.70. The molecular weight excluding hydrogens is 576 g/mol. The van der Waals surface area contributed by atoms with Crippen molar-refractivity contribution in [1.29, 1.82) is 0 Å². The normalized spacial score (nSPS) is 24.9. The van der Waals surface area contributed by atoms with Gasteiger partial charge in [0.05, 0.1) is 10.9 Å². The Morgan fingerprint density at radius 3 is 2.73 bits per heavy atom. The van der Waals surface area contributed by atoms with E-state index in [0.717, 1.165) is 19.3 Å². The standard InChI is InChI=1S/C32H30F4N6O2/c33-24-4-1-3-17-9-21(43)10-22(25(17)24)27-26(34)28-23(12-37-27)30(41-14-19-5-6-20(15-41)38-19)40-31(39-28)44-16-32-7-2-8-42(32)13-18(11-32)29(35)36/h1,3-4,9-10,12,19-20,38,43H,2,5-8,11,13-16H2/t19?,20?,32-/m0/s1. The first-order valence-corrected chi connectivity index (χ1v) is 15.0. The highest BCUT2D eigenvalue weighted by molar-refractivity contribution is 6.00. The van der Waals surface area contributed by atoms with Gasteiger partial charge in [0.15, 0.2) is 5.82 Å². The number of nitrogens with one attached hydrogen (secondary N) is 1. The number of benzene rings is 2. The molecule has 0 aliphatic carbocycles. The minimum absolute atomic E-state index is 0.0451. The first kappa shape index (κ1) is 27.5. The van der Waals surface area contributed by atoms with Crippen LogP contribution in [0.5, 0.6) is 11.8 Å². The van der Waals surface area contributed by atoms with E-state index < -0.39 is 23.3 Å². The largest absolute Gasteiger partial charge is 0.508 e. The van der Waals surface area contributed by atoms with Gasteiger partial charge >= 0.3 is 6.01 Å². The number of rotatable bonds is 5. The molecule has 2 bridgehead atoms. The number of nitrogens with zero attached hydrogens (tertiary/aromatic N) is 5. The minimum atomic E-state index is -1.64. The summed E-state index contributed by atoms with van der Waals surface area (Å²) in [7, 11) is 0. The first-order valence-electron chi connectivity index (χ1n) is 15.0. The lowest BCUT2D eigenvalue weighted by Gasteiger charge is -2.34. The van der Waals surface area contributed by atoms with Crippen molar-refractivity contribution in [2.45, 2.75) is 49.7 Å². The monoisotopic (exact) mass is 606 g/mol. The highest BCUT2D eigenvalue weighted by Crippen LogP contribution is 2.43. The summed E-state index contributed by atoms with van der Waals surface area (Å²) in [4.78, 5) is 17.8. The summed E-state index contributed by atoms with van der Waals surface area (Å²) in [5.41, 5.74) is -0.581. The Morgan fingerprint density at radius 2 is 1.93 bits per heavy atom. The van der Waals surface area contributed by atoms with Gasteiger partial charge in [-0.1, -0.05) is 12.1 Å². The molecule has 2 unspecified atom stereocenters. The molecule has 4 aliphatic rings. The fourth-order valence-corrected chi connectivity index (χ4v) is 7.70. The summed E-state index contributed by atoms with van der Waals surface area (Å²) in [5.74, 6) is -1.04. The molecule has 4 saturated heterocycles. The second-order valence-electron chi connectivity index (χ2n) is 12.5. The van der Waals surface area contributed by atoms with Gasteiger partial charge < -0.3 is 20.1 Å². The van der Waals surface area contributed by atoms with Gasteiger partial charge in [-0.3, -0.25) is 9.88 Å². The zero-order valence-electron chi connectivity index (χ0n) is 23.8. The Kier molecular flexibility index (Phi) is 6.42. The van der Waals surface area contributed by atoms with Crippen molar-refractivity contribution in [3.8, 4) is 23.0 Å². The van der Waals surface area contributed by atoms with Crippen LogP contribution in [0.25, 0.3) is 32.9 Å². The van der Waals surface area contributed by atoms with Crippen LogP contribution in [0.4, 0.5) is 23.4 Å². The molecule has 2 aromatic heterocycles. The first-order chi connectivity index (χ1) is 21.3. The summed E-state index contributed by atoms with van der Waals surface area (Å²) >= 11 is 0. The molecule has 8 rings (SSSR count). The average Bonchev–Trinajstić information content (AvgIpc) is 3.67. The maximum atomic E-state index is 16.6. The number of phenolic OH excluding ortho intramolecular Hbond substituents is 1. The molecule has 0 amide bonds. The van der Waals surface area contributed by atoms with Crippen LogP contribution in [-0.4, -0.2) is 75.4 Å². The van der Waals surface area contributed by atoms with Crippen molar-refractivity contribution < 1.29 is 27.4 Å². The molecule has 2 aromatic carbocycles. The Labute approximate surface area is 250 Å². The van der Waals surface area contributed by atoms with E-state index in [9.17, 15) is 13.9 Å². The van der Waals surface area contributed by atoms with Crippen LogP contribution in [0.15, 0.2) is 48.2 Å². The van der Waals surface area contributed by atoms with Gasteiger partial charge in [0.1, 0.15) is 35.2 Å². The zero-order valence-corrected chi connectivity index (χ0v) is 23.8. The molecule has 4 aliphatic heterocycles. The lowest BCUT2D eigenvalue weighted by Crippen LogP contribution is -2.51. The highest BCUT2D eigenvalue weighted by atomic mass is 19.3. The molecule has 0 saturated carbocycles. The van der Waals surface area contributed by atoms with E-state index in [1.165, 1.54) is 30.5 Å². The van der Waals surface area contributed by atoms with Gasteiger partial charge in [-0.25, -0.2) is 8.78 Å². The van der Waals surface area contributed by atoms with Crippen LogP contribution in [0.1, 0.15) is 32.1 Å². The summed E-state index contributed by atoms with van der Waals surface area (Å²) in [6.07, 6.45) is 3.67. The SMILES string of the molecule is Oc1cc(-c2ncc3c(N4CC5CCC(C4)N5)nc(OC[C@@]45CCCN4CC(=C(F)F)C5)nc3c2F)c2c(F)cccc2c1. The van der Waals surface area contributed by atoms with E-state index in [-0.39, 0.29) is 71.1 Å². The third-order valence-electron chi connectivity index (χ3n) is 9.73. The number of piperazine rings is 1. The summed E-state index contributed by atoms with van der Waals surface area (Å²) in [6.45, 7) is 2.32. The molecule has 228 valence electrons. The number of phenols is 1. The van der Waals surface area contributed by atoms with Crippen molar-refractivity contribution >= 4 is 27.5 Å². The second kappa shape index (κ2) is 10.3. The summed E-state index contributed by atoms with van der Waals surface area (Å²) in [5, 5.41) is 14.9. The van der Waals surface area contributed by atoms with E-state index in [1.807, 2.05) is 4.90 Å². The molecule has 0 spiro atoms. The van der Waals surface area contributed by atoms with Crippen molar-refractivity contribution in [1.82, 2.24) is 25.2 Å². The van der Waals surface area contributed by atoms with Gasteiger partial charge in [-0.05, 0) is 62.2 Å². The predicted octanol–water partition coefficient (Wildman–Crippen LogP) is 5.54. The number of anilines is 1. The molecule has 44 heavy (non-hydrogen) atoms. The number of pyridine rings is 1. The van der Waals surface area contributed by atoms with Gasteiger partial charge in [0.25, 0.3) is 6.08 Å². The maximum Gasteiger partial charge on any atom is 0.319 e. The number of hydrogen-bond donors (Lipinski definition) is 2.